The maximum atomic E-state index is 13.7. The predicted molar refractivity (Wildman–Crippen MR) is 84.8 cm³/mol. The van der Waals surface area contributed by atoms with E-state index in [0.717, 1.165) is 0 Å². The van der Waals surface area contributed by atoms with Gasteiger partial charge in [-0.2, -0.15) is 0 Å². The number of fused-ring (bicyclic) bond motifs is 1. The molecule has 2 heterocycles. The Morgan fingerprint density at radius 2 is 2.17 bits per heavy atom. The Hall–Kier alpha value is -1.64. The second-order valence-electron chi connectivity index (χ2n) is 5.72. The van der Waals surface area contributed by atoms with Crippen LogP contribution in [-0.2, 0) is 0 Å². The van der Waals surface area contributed by atoms with Gasteiger partial charge in [-0.05, 0) is 25.2 Å². The number of alkyl halides is 4. The van der Waals surface area contributed by atoms with Crippen molar-refractivity contribution < 1.29 is 17.6 Å². The van der Waals surface area contributed by atoms with Crippen LogP contribution in [0, 0.1) is 5.92 Å². The summed E-state index contributed by atoms with van der Waals surface area (Å²) < 4.78 is 53.5. The van der Waals surface area contributed by atoms with E-state index in [0.29, 0.717) is 28.9 Å². The van der Waals surface area contributed by atoms with Crippen molar-refractivity contribution in [2.24, 2.45) is 5.92 Å². The molecule has 0 aliphatic heterocycles. The maximum Gasteiger partial charge on any atom is 0.280 e. The van der Waals surface area contributed by atoms with Crippen LogP contribution < -0.4 is 5.32 Å². The molecule has 0 unspecified atom stereocenters. The Morgan fingerprint density at radius 3 is 2.79 bits per heavy atom. The van der Waals surface area contributed by atoms with Crippen LogP contribution in [0.3, 0.4) is 0 Å². The molecule has 1 N–H and O–H groups in total. The van der Waals surface area contributed by atoms with Gasteiger partial charge in [0.05, 0.1) is 0 Å². The first-order chi connectivity index (χ1) is 11.4. The van der Waals surface area contributed by atoms with Crippen molar-refractivity contribution in [2.45, 2.75) is 36.8 Å². The first-order valence-electron chi connectivity index (χ1n) is 7.52. The molecule has 1 aliphatic carbocycles. The number of nitrogens with one attached hydrogen (secondary N) is 1. The average Bonchev–Trinajstić information content (AvgIpc) is 2.90. The van der Waals surface area contributed by atoms with Gasteiger partial charge in [0.2, 0.25) is 0 Å². The van der Waals surface area contributed by atoms with Crippen LogP contribution in [0.4, 0.5) is 23.4 Å². The third-order valence-electron chi connectivity index (χ3n) is 4.15. The fraction of sp³-hybridized carbons (Fsp3) is 0.533. The summed E-state index contributed by atoms with van der Waals surface area (Å²) >= 11 is 1.30. The molecule has 0 aromatic carbocycles. The van der Waals surface area contributed by atoms with E-state index in [9.17, 15) is 17.6 Å². The zero-order valence-electron chi connectivity index (χ0n) is 12.9. The van der Waals surface area contributed by atoms with Crippen LogP contribution in [0.5, 0.6) is 0 Å². The number of pyridine rings is 1. The first-order valence-corrected chi connectivity index (χ1v) is 8.74. The quantitative estimate of drug-likeness (QED) is 0.482. The van der Waals surface area contributed by atoms with Gasteiger partial charge in [0.1, 0.15) is 11.2 Å². The fourth-order valence-electron chi connectivity index (χ4n) is 2.85. The molecule has 2 aromatic rings. The normalized spacial score (nSPS) is 20.0. The molecular formula is C15H16F4N4S. The zero-order valence-corrected chi connectivity index (χ0v) is 13.7. The summed E-state index contributed by atoms with van der Waals surface area (Å²) in [4.78, 5) is 12.2. The first kappa shape index (κ1) is 17.2. The minimum Gasteiger partial charge on any atom is -0.368 e. The van der Waals surface area contributed by atoms with E-state index in [1.807, 2.05) is 0 Å². The Morgan fingerprint density at radius 1 is 1.38 bits per heavy atom. The van der Waals surface area contributed by atoms with Crippen LogP contribution >= 0.6 is 11.8 Å². The molecule has 1 aliphatic rings. The number of hydrogen-bond acceptors (Lipinski definition) is 5. The number of nitrogens with zero attached hydrogens (tertiary/aromatic N) is 3. The van der Waals surface area contributed by atoms with Crippen molar-refractivity contribution in [3.63, 3.8) is 0 Å². The highest BCUT2D eigenvalue weighted by Gasteiger charge is 2.43. The van der Waals surface area contributed by atoms with Crippen molar-refractivity contribution in [1.29, 1.82) is 0 Å². The minimum absolute atomic E-state index is 0.0274. The molecule has 1 atom stereocenters. The molecule has 24 heavy (non-hydrogen) atoms. The predicted octanol–water partition coefficient (Wildman–Crippen LogP) is 4.53. The third-order valence-corrected chi connectivity index (χ3v) is 4.71. The number of halogens is 4. The molecule has 0 spiro atoms. The molecule has 1 saturated carbocycles. The van der Waals surface area contributed by atoms with E-state index >= 15 is 0 Å². The second kappa shape index (κ2) is 6.70. The topological polar surface area (TPSA) is 50.7 Å². The molecule has 0 radical (unpaired) electrons. The highest BCUT2D eigenvalue weighted by Crippen LogP contribution is 2.40. The lowest BCUT2D eigenvalue weighted by Gasteiger charge is -2.20. The highest BCUT2D eigenvalue weighted by molar-refractivity contribution is 7.98. The number of aromatic nitrogens is 3. The maximum absolute atomic E-state index is 13.7. The Labute approximate surface area is 140 Å². The SMILES string of the molecule is CSc1ncc2cc(C(F)F)nc(NC[C@@H]3CCCC3(F)F)c2n1. The monoisotopic (exact) mass is 360 g/mol. The lowest BCUT2D eigenvalue weighted by molar-refractivity contribution is -0.0318. The Balaban J connectivity index is 1.94. The van der Waals surface area contributed by atoms with Gasteiger partial charge in [0.25, 0.3) is 12.3 Å². The lowest BCUT2D eigenvalue weighted by atomic mass is 10.1. The summed E-state index contributed by atoms with van der Waals surface area (Å²) in [5, 5.41) is 3.67. The number of anilines is 1. The minimum atomic E-state index is -2.76. The summed E-state index contributed by atoms with van der Waals surface area (Å²) in [7, 11) is 0. The highest BCUT2D eigenvalue weighted by atomic mass is 32.2. The van der Waals surface area contributed by atoms with Gasteiger partial charge in [-0.1, -0.05) is 11.8 Å². The molecule has 0 saturated heterocycles. The van der Waals surface area contributed by atoms with Crippen molar-refractivity contribution in [2.75, 3.05) is 18.1 Å². The van der Waals surface area contributed by atoms with E-state index in [2.05, 4.69) is 20.3 Å². The van der Waals surface area contributed by atoms with Crippen LogP contribution in [0.15, 0.2) is 17.4 Å². The van der Waals surface area contributed by atoms with Gasteiger partial charge in [0, 0.05) is 30.5 Å². The average molecular weight is 360 g/mol. The van der Waals surface area contributed by atoms with E-state index in [-0.39, 0.29) is 18.8 Å². The van der Waals surface area contributed by atoms with Gasteiger partial charge in [-0.3, -0.25) is 0 Å². The Kier molecular flexibility index (Phi) is 4.80. The van der Waals surface area contributed by atoms with Crippen molar-refractivity contribution in [1.82, 2.24) is 15.0 Å². The third kappa shape index (κ3) is 3.40. The van der Waals surface area contributed by atoms with Gasteiger partial charge >= 0.3 is 0 Å². The van der Waals surface area contributed by atoms with Crippen molar-refractivity contribution in [3.8, 4) is 0 Å². The number of hydrogen-bond donors (Lipinski definition) is 1. The standard InChI is InChI=1S/C15H16F4N4S/c1-24-14-21-6-8-5-10(12(16)17)22-13(11(8)23-14)20-7-9-3-2-4-15(9,18)19/h5-6,9,12H,2-4,7H2,1H3,(H,20,22)/t9-/m0/s1. The van der Waals surface area contributed by atoms with Crippen LogP contribution in [0.2, 0.25) is 0 Å². The summed E-state index contributed by atoms with van der Waals surface area (Å²) in [5.74, 6) is -3.46. The largest absolute Gasteiger partial charge is 0.368 e. The second-order valence-corrected chi connectivity index (χ2v) is 6.50. The fourth-order valence-corrected chi connectivity index (χ4v) is 3.19. The molecule has 4 nitrogen and oxygen atoms in total. The molecule has 1 fully saturated rings. The van der Waals surface area contributed by atoms with Crippen LogP contribution in [-0.4, -0.2) is 33.7 Å². The number of thioether (sulfide) groups is 1. The van der Waals surface area contributed by atoms with E-state index in [1.54, 1.807) is 6.26 Å². The van der Waals surface area contributed by atoms with Gasteiger partial charge < -0.3 is 5.32 Å². The van der Waals surface area contributed by atoms with Crippen molar-refractivity contribution >= 4 is 28.5 Å². The summed E-state index contributed by atoms with van der Waals surface area (Å²) in [5.41, 5.74) is -0.0660. The van der Waals surface area contributed by atoms with E-state index in [4.69, 9.17) is 0 Å². The molecule has 9 heteroatoms. The van der Waals surface area contributed by atoms with Gasteiger partial charge in [0.15, 0.2) is 11.0 Å². The van der Waals surface area contributed by atoms with E-state index < -0.39 is 24.0 Å². The summed E-state index contributed by atoms with van der Waals surface area (Å²) in [6.07, 6.45) is 1.19. The van der Waals surface area contributed by atoms with Gasteiger partial charge in [-0.15, -0.1) is 0 Å². The lowest BCUT2D eigenvalue weighted by Crippen LogP contribution is -2.28. The molecular weight excluding hydrogens is 344 g/mol. The molecule has 3 rings (SSSR count). The smallest absolute Gasteiger partial charge is 0.280 e. The molecule has 0 amide bonds. The number of rotatable bonds is 5. The molecule has 130 valence electrons. The molecule has 2 aromatic heterocycles. The summed E-state index contributed by atoms with van der Waals surface area (Å²) in [6.45, 7) is -0.0274. The zero-order chi connectivity index (χ0) is 17.3. The van der Waals surface area contributed by atoms with Crippen molar-refractivity contribution in [3.05, 3.63) is 18.0 Å². The Bertz CT molecular complexity index is 741. The van der Waals surface area contributed by atoms with Gasteiger partial charge in [-0.25, -0.2) is 32.5 Å². The van der Waals surface area contributed by atoms with Crippen LogP contribution in [0.25, 0.3) is 10.9 Å². The van der Waals surface area contributed by atoms with Crippen LogP contribution in [0.1, 0.15) is 31.4 Å². The summed E-state index contributed by atoms with van der Waals surface area (Å²) in [6, 6.07) is 1.22. The molecule has 0 bridgehead atoms. The van der Waals surface area contributed by atoms with E-state index in [1.165, 1.54) is 24.0 Å².